The van der Waals surface area contributed by atoms with E-state index >= 15 is 0 Å². The largest absolute Gasteiger partial charge is 0.490 e. The van der Waals surface area contributed by atoms with Crippen LogP contribution in [0.1, 0.15) is 35.5 Å². The Kier molecular flexibility index (Phi) is 4.93. The summed E-state index contributed by atoms with van der Waals surface area (Å²) in [6, 6.07) is 8.84. The molecule has 1 aromatic carbocycles. The molecule has 0 N–H and O–H groups in total. The summed E-state index contributed by atoms with van der Waals surface area (Å²) in [6.45, 7) is 6.76. The summed E-state index contributed by atoms with van der Waals surface area (Å²) in [4.78, 5) is 16.6. The van der Waals surface area contributed by atoms with E-state index in [4.69, 9.17) is 9.47 Å². The summed E-state index contributed by atoms with van der Waals surface area (Å²) < 4.78 is 11.0. The second-order valence-corrected chi connectivity index (χ2v) is 4.54. The van der Waals surface area contributed by atoms with Crippen LogP contribution in [0.4, 0.5) is 0 Å². The molecule has 4 nitrogen and oxygen atoms in total. The Bertz CT molecular complexity index is 620. The van der Waals surface area contributed by atoms with E-state index in [1.54, 1.807) is 30.5 Å². The smallest absolute Gasteiger partial charge is 0.194 e. The fraction of sp³-hybridized carbons (Fsp3) is 0.294. The summed E-state index contributed by atoms with van der Waals surface area (Å²) in [5.74, 6) is 1.16. The number of carbonyl (C=O) groups is 1. The van der Waals surface area contributed by atoms with Gasteiger partial charge in [0, 0.05) is 23.0 Å². The SMILES string of the molecule is CCOc1ccc(C(=O)c2ccc(C)nc2)cc1OCC. The normalized spacial score (nSPS) is 10.2. The highest BCUT2D eigenvalue weighted by molar-refractivity contribution is 6.09. The summed E-state index contributed by atoms with van der Waals surface area (Å²) in [5.41, 5.74) is 2.01. The van der Waals surface area contributed by atoms with Gasteiger partial charge in [-0.25, -0.2) is 0 Å². The third kappa shape index (κ3) is 3.60. The minimum Gasteiger partial charge on any atom is -0.490 e. The van der Waals surface area contributed by atoms with Crippen LogP contribution >= 0.6 is 0 Å². The molecule has 2 aromatic rings. The average molecular weight is 285 g/mol. The molecule has 0 amide bonds. The van der Waals surface area contributed by atoms with Gasteiger partial charge < -0.3 is 9.47 Å². The molecule has 2 rings (SSSR count). The maximum absolute atomic E-state index is 12.4. The number of hydrogen-bond acceptors (Lipinski definition) is 4. The van der Waals surface area contributed by atoms with Gasteiger partial charge in [0.05, 0.1) is 13.2 Å². The highest BCUT2D eigenvalue weighted by Gasteiger charge is 2.13. The lowest BCUT2D eigenvalue weighted by atomic mass is 10.0. The van der Waals surface area contributed by atoms with Gasteiger partial charge in [-0.3, -0.25) is 9.78 Å². The van der Waals surface area contributed by atoms with Crippen molar-refractivity contribution in [3.8, 4) is 11.5 Å². The lowest BCUT2D eigenvalue weighted by molar-refractivity contribution is 0.103. The maximum Gasteiger partial charge on any atom is 0.194 e. The van der Waals surface area contributed by atoms with Gasteiger partial charge >= 0.3 is 0 Å². The van der Waals surface area contributed by atoms with Gasteiger partial charge in [0.2, 0.25) is 0 Å². The van der Waals surface area contributed by atoms with E-state index < -0.39 is 0 Å². The highest BCUT2D eigenvalue weighted by atomic mass is 16.5. The van der Waals surface area contributed by atoms with Crippen molar-refractivity contribution in [3.05, 3.63) is 53.3 Å². The van der Waals surface area contributed by atoms with Crippen LogP contribution in [0.25, 0.3) is 0 Å². The summed E-state index contributed by atoms with van der Waals surface area (Å²) in [5, 5.41) is 0. The van der Waals surface area contributed by atoms with E-state index in [0.717, 1.165) is 5.69 Å². The molecule has 0 aliphatic heterocycles. The predicted molar refractivity (Wildman–Crippen MR) is 81.2 cm³/mol. The molecule has 4 heteroatoms. The van der Waals surface area contributed by atoms with Crippen LogP contribution in [0.3, 0.4) is 0 Å². The van der Waals surface area contributed by atoms with Crippen molar-refractivity contribution in [2.45, 2.75) is 20.8 Å². The molecule has 110 valence electrons. The topological polar surface area (TPSA) is 48.4 Å². The van der Waals surface area contributed by atoms with E-state index in [-0.39, 0.29) is 5.78 Å². The van der Waals surface area contributed by atoms with Gasteiger partial charge in [-0.15, -0.1) is 0 Å². The van der Waals surface area contributed by atoms with Crippen LogP contribution in [0.5, 0.6) is 11.5 Å². The molecule has 0 unspecified atom stereocenters. The molecule has 0 spiro atoms. The molecule has 0 bridgehead atoms. The fourth-order valence-electron chi connectivity index (χ4n) is 1.96. The third-order valence-corrected chi connectivity index (χ3v) is 2.98. The van der Waals surface area contributed by atoms with Crippen LogP contribution in [0.15, 0.2) is 36.5 Å². The predicted octanol–water partition coefficient (Wildman–Crippen LogP) is 3.42. The Morgan fingerprint density at radius 3 is 2.29 bits per heavy atom. The highest BCUT2D eigenvalue weighted by Crippen LogP contribution is 2.29. The Balaban J connectivity index is 2.32. The van der Waals surface area contributed by atoms with Crippen molar-refractivity contribution < 1.29 is 14.3 Å². The maximum atomic E-state index is 12.4. The lowest BCUT2D eigenvalue weighted by Crippen LogP contribution is -2.04. The van der Waals surface area contributed by atoms with E-state index in [1.807, 2.05) is 26.8 Å². The number of ketones is 1. The number of pyridine rings is 1. The Morgan fingerprint density at radius 1 is 1.00 bits per heavy atom. The van der Waals surface area contributed by atoms with Crippen molar-refractivity contribution in [1.29, 1.82) is 0 Å². The number of carbonyl (C=O) groups excluding carboxylic acids is 1. The number of rotatable bonds is 6. The minimum atomic E-state index is -0.0773. The van der Waals surface area contributed by atoms with Crippen molar-refractivity contribution in [2.24, 2.45) is 0 Å². The van der Waals surface area contributed by atoms with Crippen LogP contribution in [0, 0.1) is 6.92 Å². The second-order valence-electron chi connectivity index (χ2n) is 4.54. The van der Waals surface area contributed by atoms with Crippen molar-refractivity contribution in [3.63, 3.8) is 0 Å². The zero-order valence-electron chi connectivity index (χ0n) is 12.6. The first-order valence-corrected chi connectivity index (χ1v) is 7.02. The molecule has 21 heavy (non-hydrogen) atoms. The van der Waals surface area contributed by atoms with Crippen molar-refractivity contribution in [1.82, 2.24) is 4.98 Å². The standard InChI is InChI=1S/C17H19NO3/c1-4-20-15-9-8-13(10-16(15)21-5-2)17(19)14-7-6-12(3)18-11-14/h6-11H,4-5H2,1-3H3. The van der Waals surface area contributed by atoms with Crippen LogP contribution in [-0.2, 0) is 0 Å². The number of nitrogens with zero attached hydrogens (tertiary/aromatic N) is 1. The van der Waals surface area contributed by atoms with Gasteiger partial charge in [0.15, 0.2) is 17.3 Å². The van der Waals surface area contributed by atoms with Crippen molar-refractivity contribution in [2.75, 3.05) is 13.2 Å². The molecule has 0 radical (unpaired) electrons. The number of aromatic nitrogens is 1. The molecule has 1 heterocycles. The number of aryl methyl sites for hydroxylation is 1. The molecular weight excluding hydrogens is 266 g/mol. The molecule has 1 aromatic heterocycles. The molecule has 0 saturated heterocycles. The van der Waals surface area contributed by atoms with E-state index in [0.29, 0.717) is 35.8 Å². The van der Waals surface area contributed by atoms with Crippen LogP contribution < -0.4 is 9.47 Å². The number of hydrogen-bond donors (Lipinski definition) is 0. The summed E-state index contributed by atoms with van der Waals surface area (Å²) in [7, 11) is 0. The van der Waals surface area contributed by atoms with E-state index in [9.17, 15) is 4.79 Å². The molecule has 0 saturated carbocycles. The van der Waals surface area contributed by atoms with Gasteiger partial charge in [-0.05, 0) is 51.1 Å². The number of benzene rings is 1. The second kappa shape index (κ2) is 6.88. The van der Waals surface area contributed by atoms with Crippen LogP contribution in [0.2, 0.25) is 0 Å². The zero-order chi connectivity index (χ0) is 15.2. The number of ether oxygens (including phenoxy) is 2. The molecule has 0 fully saturated rings. The monoisotopic (exact) mass is 285 g/mol. The van der Waals surface area contributed by atoms with Gasteiger partial charge in [-0.2, -0.15) is 0 Å². The Labute approximate surface area is 124 Å². The van der Waals surface area contributed by atoms with Gasteiger partial charge in [-0.1, -0.05) is 0 Å². The zero-order valence-corrected chi connectivity index (χ0v) is 12.6. The first-order valence-electron chi connectivity index (χ1n) is 7.02. The first-order chi connectivity index (χ1) is 10.2. The first kappa shape index (κ1) is 15.0. The summed E-state index contributed by atoms with van der Waals surface area (Å²) >= 11 is 0. The molecule has 0 aliphatic rings. The third-order valence-electron chi connectivity index (χ3n) is 2.98. The average Bonchev–Trinajstić information content (AvgIpc) is 2.49. The van der Waals surface area contributed by atoms with Crippen LogP contribution in [-0.4, -0.2) is 24.0 Å². The molecule has 0 aliphatic carbocycles. The minimum absolute atomic E-state index is 0.0773. The quantitative estimate of drug-likeness (QED) is 0.763. The summed E-state index contributed by atoms with van der Waals surface area (Å²) in [6.07, 6.45) is 1.59. The van der Waals surface area contributed by atoms with Gasteiger partial charge in [0.25, 0.3) is 0 Å². The van der Waals surface area contributed by atoms with Gasteiger partial charge in [0.1, 0.15) is 0 Å². The van der Waals surface area contributed by atoms with Crippen molar-refractivity contribution >= 4 is 5.78 Å². The fourth-order valence-corrected chi connectivity index (χ4v) is 1.96. The Hall–Kier alpha value is -2.36. The molecule has 0 atom stereocenters. The molecular formula is C17H19NO3. The Morgan fingerprint density at radius 2 is 1.67 bits per heavy atom. The van der Waals surface area contributed by atoms with E-state index in [1.165, 1.54) is 0 Å². The lowest BCUT2D eigenvalue weighted by Gasteiger charge is -2.12. The van der Waals surface area contributed by atoms with E-state index in [2.05, 4.69) is 4.98 Å².